The predicted molar refractivity (Wildman–Crippen MR) is 138 cm³/mol. The van der Waals surface area contributed by atoms with Crippen molar-refractivity contribution < 1.29 is 19.1 Å². The molecule has 3 N–H and O–H groups in total. The lowest BCUT2D eigenvalue weighted by atomic mass is 9.99. The Labute approximate surface area is 211 Å². The second-order valence-corrected chi connectivity index (χ2v) is 9.58. The fourth-order valence-electron chi connectivity index (χ4n) is 4.65. The maximum absolute atomic E-state index is 12.4. The highest BCUT2D eigenvalue weighted by Gasteiger charge is 2.23. The van der Waals surface area contributed by atoms with Gasteiger partial charge in [0.15, 0.2) is 0 Å². The SMILES string of the molecule is CCCC(CC)n1cc(-c2cnc(OC[C@@H]3CCC(=O)N3)c3cc(OC(C)C)c(C(N)=O)cc23)cn1. The molecule has 3 aromatic rings. The summed E-state index contributed by atoms with van der Waals surface area (Å²) in [7, 11) is 0. The molecule has 1 fully saturated rings. The molecule has 2 amide bonds. The van der Waals surface area contributed by atoms with E-state index in [4.69, 9.17) is 15.2 Å². The number of carbonyl (C=O) groups is 2. The Morgan fingerprint density at radius 2 is 2.06 bits per heavy atom. The largest absolute Gasteiger partial charge is 0.490 e. The minimum Gasteiger partial charge on any atom is -0.490 e. The fourth-order valence-corrected chi connectivity index (χ4v) is 4.65. The van der Waals surface area contributed by atoms with E-state index < -0.39 is 5.91 Å². The van der Waals surface area contributed by atoms with Crippen LogP contribution < -0.4 is 20.5 Å². The highest BCUT2D eigenvalue weighted by atomic mass is 16.5. The van der Waals surface area contributed by atoms with Crippen molar-refractivity contribution in [3.63, 3.8) is 0 Å². The molecule has 9 nitrogen and oxygen atoms in total. The first-order valence-electron chi connectivity index (χ1n) is 12.7. The molecule has 0 radical (unpaired) electrons. The number of carbonyl (C=O) groups excluding carboxylic acids is 2. The van der Waals surface area contributed by atoms with E-state index in [0.717, 1.165) is 42.2 Å². The van der Waals surface area contributed by atoms with Crippen molar-refractivity contribution in [1.82, 2.24) is 20.1 Å². The Balaban J connectivity index is 1.80. The Morgan fingerprint density at radius 1 is 1.25 bits per heavy atom. The summed E-state index contributed by atoms with van der Waals surface area (Å²) in [5, 5.41) is 9.00. The first-order valence-corrected chi connectivity index (χ1v) is 12.7. The van der Waals surface area contributed by atoms with Crippen LogP contribution in [0.1, 0.15) is 76.2 Å². The summed E-state index contributed by atoms with van der Waals surface area (Å²) in [5.74, 6) is 0.245. The van der Waals surface area contributed by atoms with E-state index in [1.807, 2.05) is 30.9 Å². The summed E-state index contributed by atoms with van der Waals surface area (Å²) in [6.07, 6.45) is 9.76. The molecule has 0 bridgehead atoms. The van der Waals surface area contributed by atoms with Gasteiger partial charge in [0.05, 0.1) is 29.9 Å². The summed E-state index contributed by atoms with van der Waals surface area (Å²) in [6, 6.07) is 3.77. The molecule has 2 aromatic heterocycles. The normalized spacial score (nSPS) is 16.4. The van der Waals surface area contributed by atoms with Crippen LogP contribution in [0.15, 0.2) is 30.7 Å². The zero-order valence-electron chi connectivity index (χ0n) is 21.4. The van der Waals surface area contributed by atoms with Gasteiger partial charge in [-0.2, -0.15) is 5.10 Å². The molecule has 1 unspecified atom stereocenters. The topological polar surface area (TPSA) is 121 Å². The van der Waals surface area contributed by atoms with Crippen molar-refractivity contribution in [2.24, 2.45) is 5.73 Å². The van der Waals surface area contributed by atoms with Gasteiger partial charge in [0.1, 0.15) is 12.4 Å². The summed E-state index contributed by atoms with van der Waals surface area (Å²) in [5.41, 5.74) is 7.74. The minimum absolute atomic E-state index is 0.0287. The average molecular weight is 494 g/mol. The molecule has 4 rings (SSSR count). The summed E-state index contributed by atoms with van der Waals surface area (Å²) in [6.45, 7) is 8.41. The van der Waals surface area contributed by atoms with Gasteiger partial charge in [0.25, 0.3) is 5.91 Å². The zero-order chi connectivity index (χ0) is 25.8. The quantitative estimate of drug-likeness (QED) is 0.409. The number of amides is 2. The highest BCUT2D eigenvalue weighted by Crippen LogP contribution is 2.38. The summed E-state index contributed by atoms with van der Waals surface area (Å²) in [4.78, 5) is 28.6. The molecule has 3 heterocycles. The predicted octanol–water partition coefficient (Wildman–Crippen LogP) is 4.39. The van der Waals surface area contributed by atoms with E-state index in [9.17, 15) is 9.59 Å². The number of benzene rings is 1. The number of nitrogens with zero attached hydrogens (tertiary/aromatic N) is 3. The van der Waals surface area contributed by atoms with Gasteiger partial charge < -0.3 is 20.5 Å². The van der Waals surface area contributed by atoms with Crippen LogP contribution in [0.3, 0.4) is 0 Å². The van der Waals surface area contributed by atoms with Crippen LogP contribution in [0.5, 0.6) is 11.6 Å². The molecule has 1 saturated heterocycles. The lowest BCUT2D eigenvalue weighted by Crippen LogP contribution is -2.31. The number of hydrogen-bond acceptors (Lipinski definition) is 6. The molecule has 1 aromatic carbocycles. The van der Waals surface area contributed by atoms with Crippen LogP contribution in [-0.2, 0) is 4.79 Å². The maximum Gasteiger partial charge on any atom is 0.252 e. The van der Waals surface area contributed by atoms with E-state index >= 15 is 0 Å². The number of nitrogens with two attached hydrogens (primary N) is 1. The number of primary amides is 1. The summed E-state index contributed by atoms with van der Waals surface area (Å²) < 4.78 is 14.0. The minimum atomic E-state index is -0.573. The van der Waals surface area contributed by atoms with Crippen LogP contribution in [-0.4, -0.2) is 45.3 Å². The van der Waals surface area contributed by atoms with Gasteiger partial charge in [-0.05, 0) is 50.6 Å². The smallest absolute Gasteiger partial charge is 0.252 e. The van der Waals surface area contributed by atoms with Gasteiger partial charge >= 0.3 is 0 Å². The second-order valence-electron chi connectivity index (χ2n) is 9.58. The third kappa shape index (κ3) is 5.45. The molecule has 192 valence electrons. The van der Waals surface area contributed by atoms with E-state index in [1.165, 1.54) is 0 Å². The first kappa shape index (κ1) is 25.5. The van der Waals surface area contributed by atoms with Gasteiger partial charge in [0, 0.05) is 35.3 Å². The van der Waals surface area contributed by atoms with E-state index in [2.05, 4.69) is 29.2 Å². The molecule has 2 atom stereocenters. The third-order valence-corrected chi connectivity index (χ3v) is 6.47. The van der Waals surface area contributed by atoms with E-state index in [-0.39, 0.29) is 18.1 Å². The van der Waals surface area contributed by atoms with Gasteiger partial charge in [-0.3, -0.25) is 14.3 Å². The van der Waals surface area contributed by atoms with E-state index in [1.54, 1.807) is 18.3 Å². The zero-order valence-corrected chi connectivity index (χ0v) is 21.4. The van der Waals surface area contributed by atoms with Crippen molar-refractivity contribution in [2.45, 2.75) is 78.0 Å². The number of rotatable bonds is 11. The van der Waals surface area contributed by atoms with Crippen LogP contribution >= 0.6 is 0 Å². The second kappa shape index (κ2) is 11.0. The van der Waals surface area contributed by atoms with Gasteiger partial charge in [-0.25, -0.2) is 4.98 Å². The molecular weight excluding hydrogens is 458 g/mol. The Bertz CT molecular complexity index is 1250. The van der Waals surface area contributed by atoms with Crippen molar-refractivity contribution in [1.29, 1.82) is 0 Å². The first-order chi connectivity index (χ1) is 17.3. The fraction of sp³-hybridized carbons (Fsp3) is 0.481. The number of hydrogen-bond donors (Lipinski definition) is 2. The molecule has 1 aliphatic heterocycles. The lowest BCUT2D eigenvalue weighted by molar-refractivity contribution is -0.119. The Morgan fingerprint density at radius 3 is 2.69 bits per heavy atom. The monoisotopic (exact) mass is 493 g/mol. The lowest BCUT2D eigenvalue weighted by Gasteiger charge is -2.18. The van der Waals surface area contributed by atoms with Gasteiger partial charge in [0.2, 0.25) is 11.8 Å². The third-order valence-electron chi connectivity index (χ3n) is 6.47. The van der Waals surface area contributed by atoms with Crippen molar-refractivity contribution in [2.75, 3.05) is 6.61 Å². The molecule has 0 aliphatic carbocycles. The van der Waals surface area contributed by atoms with Crippen LogP contribution in [0.4, 0.5) is 0 Å². The number of aromatic nitrogens is 3. The Hall–Kier alpha value is -3.62. The number of nitrogens with one attached hydrogen (secondary N) is 1. The number of ether oxygens (including phenoxy) is 2. The molecule has 0 saturated carbocycles. The average Bonchev–Trinajstić information content (AvgIpc) is 3.49. The van der Waals surface area contributed by atoms with Crippen molar-refractivity contribution >= 4 is 22.6 Å². The molecule has 9 heteroatoms. The van der Waals surface area contributed by atoms with Crippen LogP contribution in [0, 0.1) is 0 Å². The molecule has 0 spiro atoms. The van der Waals surface area contributed by atoms with Gasteiger partial charge in [-0.1, -0.05) is 20.3 Å². The number of pyridine rings is 1. The van der Waals surface area contributed by atoms with Crippen LogP contribution in [0.2, 0.25) is 0 Å². The van der Waals surface area contributed by atoms with Crippen LogP contribution in [0.25, 0.3) is 21.9 Å². The number of fused-ring (bicyclic) bond motifs is 1. The van der Waals surface area contributed by atoms with E-state index in [0.29, 0.717) is 41.6 Å². The standard InChI is InChI=1S/C27H35N5O4/c1-5-7-19(6-2)32-14-17(12-30-32)23-13-29-27(35-15-18-8-9-25(33)31-18)21-11-24(36-16(3)4)22(26(28)34)10-20(21)23/h10-14,16,18-19H,5-9,15H2,1-4H3,(H2,28,34)(H,31,33)/t18-,19?/m0/s1. The summed E-state index contributed by atoms with van der Waals surface area (Å²) >= 11 is 0. The van der Waals surface area contributed by atoms with Crippen molar-refractivity contribution in [3.8, 4) is 22.8 Å². The molecular formula is C27H35N5O4. The highest BCUT2D eigenvalue weighted by molar-refractivity contribution is 6.06. The van der Waals surface area contributed by atoms with Gasteiger partial charge in [-0.15, -0.1) is 0 Å². The maximum atomic E-state index is 12.4. The Kier molecular flexibility index (Phi) is 7.76. The molecule has 36 heavy (non-hydrogen) atoms. The van der Waals surface area contributed by atoms with Crippen molar-refractivity contribution in [3.05, 3.63) is 36.3 Å². The molecule has 1 aliphatic rings.